The molecule has 0 aliphatic carbocycles. The van der Waals surface area contributed by atoms with Crippen molar-refractivity contribution in [3.05, 3.63) is 48.6 Å². The Morgan fingerprint density at radius 2 is 2.00 bits per heavy atom. The van der Waals surface area contributed by atoms with Crippen LogP contribution in [0.2, 0.25) is 0 Å². The fourth-order valence-electron chi connectivity index (χ4n) is 2.66. The molecule has 2 aromatic heterocycles. The Balaban J connectivity index is 1.76. The molecule has 1 aliphatic rings. The third-order valence-electron chi connectivity index (χ3n) is 3.84. The molecule has 3 heterocycles. The highest BCUT2D eigenvalue weighted by molar-refractivity contribution is 6.01. The molecule has 1 aromatic carbocycles. The molecule has 0 saturated carbocycles. The molecule has 0 bridgehead atoms. The molecule has 0 N–H and O–H groups in total. The van der Waals surface area contributed by atoms with Gasteiger partial charge in [-0.3, -0.25) is 9.78 Å². The summed E-state index contributed by atoms with van der Waals surface area (Å²) in [7, 11) is 1.80. The van der Waals surface area contributed by atoms with Crippen molar-refractivity contribution in [1.29, 1.82) is 0 Å². The first kappa shape index (κ1) is 12.7. The minimum absolute atomic E-state index is 0.116. The molecule has 0 fully saturated rings. The lowest BCUT2D eigenvalue weighted by atomic mass is 10.0. The van der Waals surface area contributed by atoms with Crippen LogP contribution in [0.25, 0.3) is 22.6 Å². The van der Waals surface area contributed by atoms with Gasteiger partial charge in [0.1, 0.15) is 0 Å². The Morgan fingerprint density at radius 3 is 2.82 bits per heavy atom. The largest absolute Gasteiger partial charge is 0.423 e. The summed E-state index contributed by atoms with van der Waals surface area (Å²) in [5.74, 6) is 0.551. The van der Waals surface area contributed by atoms with E-state index in [4.69, 9.17) is 4.42 Å². The molecule has 1 amide bonds. The van der Waals surface area contributed by atoms with Gasteiger partial charge in [-0.2, -0.15) is 0 Å². The van der Waals surface area contributed by atoms with E-state index in [-0.39, 0.29) is 5.91 Å². The Bertz CT molecular complexity index is 858. The lowest BCUT2D eigenvalue weighted by Crippen LogP contribution is -2.20. The Kier molecular flexibility index (Phi) is 2.75. The lowest BCUT2D eigenvalue weighted by Gasteiger charge is -2.10. The van der Waals surface area contributed by atoms with Crippen LogP contribution >= 0.6 is 0 Å². The van der Waals surface area contributed by atoms with Gasteiger partial charge in [-0.1, -0.05) is 6.07 Å². The molecular formula is C16H12N4O2. The highest BCUT2D eigenvalue weighted by atomic mass is 16.4. The first-order chi connectivity index (χ1) is 10.7. The Morgan fingerprint density at radius 1 is 1.14 bits per heavy atom. The maximum absolute atomic E-state index is 11.8. The van der Waals surface area contributed by atoms with Crippen LogP contribution in [0.4, 0.5) is 5.69 Å². The van der Waals surface area contributed by atoms with Gasteiger partial charge in [-0.25, -0.2) is 0 Å². The summed E-state index contributed by atoms with van der Waals surface area (Å²) in [6.45, 7) is 0. The van der Waals surface area contributed by atoms with Crippen LogP contribution in [0.3, 0.4) is 0 Å². The Labute approximate surface area is 126 Å². The highest BCUT2D eigenvalue weighted by Gasteiger charge is 2.24. The van der Waals surface area contributed by atoms with Crippen LogP contribution in [0, 0.1) is 0 Å². The number of anilines is 1. The Hall–Kier alpha value is -3.02. The molecule has 22 heavy (non-hydrogen) atoms. The summed E-state index contributed by atoms with van der Waals surface area (Å²) < 4.78 is 5.20. The highest BCUT2D eigenvalue weighted by Crippen LogP contribution is 2.32. The molecule has 0 atom stereocenters. The fraction of sp³-hybridized carbons (Fsp3) is 0.125. The number of amides is 1. The van der Waals surface area contributed by atoms with Gasteiger partial charge in [0, 0.05) is 30.7 Å². The van der Waals surface area contributed by atoms with Crippen LogP contribution in [0.15, 0.2) is 47.5 Å². The van der Waals surface area contributed by atoms with Crippen LogP contribution in [0.5, 0.6) is 0 Å². The van der Waals surface area contributed by atoms with E-state index in [1.807, 2.05) is 24.3 Å². The second kappa shape index (κ2) is 4.77. The number of aromatic nitrogens is 3. The van der Waals surface area contributed by atoms with Crippen LogP contribution < -0.4 is 4.90 Å². The molecule has 6 heteroatoms. The van der Waals surface area contributed by atoms with Gasteiger partial charge in [0.05, 0.1) is 12.0 Å². The van der Waals surface area contributed by atoms with Crippen molar-refractivity contribution >= 4 is 11.6 Å². The quantitative estimate of drug-likeness (QED) is 0.724. The average Bonchev–Trinajstić information content (AvgIpc) is 3.17. The predicted molar refractivity (Wildman–Crippen MR) is 80.1 cm³/mol. The van der Waals surface area contributed by atoms with Crippen molar-refractivity contribution in [2.45, 2.75) is 6.42 Å². The average molecular weight is 292 g/mol. The zero-order valence-electron chi connectivity index (χ0n) is 11.9. The van der Waals surface area contributed by atoms with Gasteiger partial charge in [0.2, 0.25) is 18.2 Å². The standard InChI is InChI=1S/C16H12N4O2/c1-20-14-3-2-10(4-11(14)6-15(20)21)12-5-13(8-17-7-12)16-19-18-9-22-16/h2-5,7-9H,6H2,1H3. The van der Waals surface area contributed by atoms with Crippen LogP contribution in [-0.4, -0.2) is 28.1 Å². The smallest absolute Gasteiger partial charge is 0.249 e. The van der Waals surface area contributed by atoms with Crippen molar-refractivity contribution in [3.63, 3.8) is 0 Å². The molecule has 6 nitrogen and oxygen atoms in total. The van der Waals surface area contributed by atoms with Crippen molar-refractivity contribution in [2.24, 2.45) is 0 Å². The lowest BCUT2D eigenvalue weighted by molar-refractivity contribution is -0.117. The van der Waals surface area contributed by atoms with E-state index in [9.17, 15) is 4.79 Å². The van der Waals surface area contributed by atoms with E-state index >= 15 is 0 Å². The number of carbonyl (C=O) groups is 1. The van der Waals surface area contributed by atoms with E-state index in [1.54, 1.807) is 24.3 Å². The zero-order valence-corrected chi connectivity index (χ0v) is 11.9. The molecule has 0 radical (unpaired) electrons. The van der Waals surface area contributed by atoms with Crippen molar-refractivity contribution in [2.75, 3.05) is 11.9 Å². The topological polar surface area (TPSA) is 72.1 Å². The maximum Gasteiger partial charge on any atom is 0.249 e. The number of hydrogen-bond acceptors (Lipinski definition) is 5. The van der Waals surface area contributed by atoms with Gasteiger partial charge in [0.15, 0.2) is 0 Å². The van der Waals surface area contributed by atoms with Gasteiger partial charge in [-0.15, -0.1) is 10.2 Å². The van der Waals surface area contributed by atoms with Crippen molar-refractivity contribution in [3.8, 4) is 22.6 Å². The first-order valence-corrected chi connectivity index (χ1v) is 6.84. The summed E-state index contributed by atoms with van der Waals surface area (Å²) in [5, 5.41) is 7.57. The maximum atomic E-state index is 11.8. The molecule has 4 rings (SSSR count). The van der Waals surface area contributed by atoms with Crippen molar-refractivity contribution in [1.82, 2.24) is 15.2 Å². The molecule has 0 saturated heterocycles. The minimum atomic E-state index is 0.116. The molecule has 0 unspecified atom stereocenters. The third kappa shape index (κ3) is 1.96. The third-order valence-corrected chi connectivity index (χ3v) is 3.84. The summed E-state index contributed by atoms with van der Waals surface area (Å²) in [4.78, 5) is 17.7. The molecule has 1 aliphatic heterocycles. The number of pyridine rings is 1. The SMILES string of the molecule is CN1C(=O)Cc2cc(-c3cncc(-c4nnco4)c3)ccc21. The normalized spacial score (nSPS) is 13.5. The summed E-state index contributed by atoms with van der Waals surface area (Å²) >= 11 is 0. The van der Waals surface area contributed by atoms with E-state index in [2.05, 4.69) is 15.2 Å². The van der Waals surface area contributed by atoms with Gasteiger partial charge in [0.25, 0.3) is 0 Å². The second-order valence-corrected chi connectivity index (χ2v) is 5.18. The van der Waals surface area contributed by atoms with E-state index in [0.29, 0.717) is 12.3 Å². The minimum Gasteiger partial charge on any atom is -0.423 e. The predicted octanol–water partition coefficient (Wildman–Crippen LogP) is 2.32. The van der Waals surface area contributed by atoms with E-state index < -0.39 is 0 Å². The van der Waals surface area contributed by atoms with E-state index in [0.717, 1.165) is 27.9 Å². The number of carbonyl (C=O) groups excluding carboxylic acids is 1. The van der Waals surface area contributed by atoms with Crippen LogP contribution in [-0.2, 0) is 11.2 Å². The molecule has 108 valence electrons. The first-order valence-electron chi connectivity index (χ1n) is 6.84. The zero-order chi connectivity index (χ0) is 15.1. The number of fused-ring (bicyclic) bond motifs is 1. The second-order valence-electron chi connectivity index (χ2n) is 5.18. The van der Waals surface area contributed by atoms with Gasteiger partial charge < -0.3 is 9.32 Å². The summed E-state index contributed by atoms with van der Waals surface area (Å²) in [6, 6.07) is 7.94. The molecule has 0 spiro atoms. The number of benzene rings is 1. The number of likely N-dealkylation sites (N-methyl/N-ethyl adjacent to an activating group) is 1. The molecular weight excluding hydrogens is 280 g/mol. The van der Waals surface area contributed by atoms with Crippen molar-refractivity contribution < 1.29 is 9.21 Å². The number of rotatable bonds is 2. The van der Waals surface area contributed by atoms with Gasteiger partial charge >= 0.3 is 0 Å². The van der Waals surface area contributed by atoms with Crippen LogP contribution in [0.1, 0.15) is 5.56 Å². The number of hydrogen-bond donors (Lipinski definition) is 0. The molecule has 3 aromatic rings. The monoisotopic (exact) mass is 292 g/mol. The fourth-order valence-corrected chi connectivity index (χ4v) is 2.66. The summed E-state index contributed by atoms with van der Waals surface area (Å²) in [6.07, 6.45) is 5.19. The summed E-state index contributed by atoms with van der Waals surface area (Å²) in [5.41, 5.74) is 4.72. The van der Waals surface area contributed by atoms with E-state index in [1.165, 1.54) is 6.39 Å². The number of nitrogens with zero attached hydrogens (tertiary/aromatic N) is 4. The van der Waals surface area contributed by atoms with Gasteiger partial charge in [-0.05, 0) is 29.3 Å².